The zero-order chi connectivity index (χ0) is 18.5. The number of aryl methyl sites for hydroxylation is 1. The molecule has 1 atom stereocenters. The first-order valence-electron chi connectivity index (χ1n) is 8.47. The third kappa shape index (κ3) is 4.34. The van der Waals surface area contributed by atoms with Gasteiger partial charge in [0.1, 0.15) is 5.76 Å². The molecule has 1 aromatic carbocycles. The first-order chi connectivity index (χ1) is 12.5. The second-order valence-corrected chi connectivity index (χ2v) is 6.32. The number of carbonyl (C=O) groups excluding carboxylic acids is 1. The molecule has 0 aliphatic heterocycles. The molecule has 0 fully saturated rings. The standard InChI is InChI=1S/C20H22N4O2/c1-14-9-10-19(23-22-14)21-20(25)17-7-4-6-16(12-17)13-24(3)15(2)18-8-5-11-26-18/h4-12,15H,13H2,1-3H3,(H,21,23,25)/t15-/m1/s1. The Morgan fingerprint density at radius 2 is 2.04 bits per heavy atom. The first kappa shape index (κ1) is 17.8. The average Bonchev–Trinajstić information content (AvgIpc) is 3.18. The van der Waals surface area contributed by atoms with E-state index in [1.165, 1.54) is 0 Å². The van der Waals surface area contributed by atoms with Gasteiger partial charge in [0.15, 0.2) is 5.82 Å². The van der Waals surface area contributed by atoms with Crippen LogP contribution >= 0.6 is 0 Å². The van der Waals surface area contributed by atoms with Gasteiger partial charge < -0.3 is 9.73 Å². The lowest BCUT2D eigenvalue weighted by Crippen LogP contribution is -2.22. The monoisotopic (exact) mass is 350 g/mol. The largest absolute Gasteiger partial charge is 0.468 e. The smallest absolute Gasteiger partial charge is 0.256 e. The molecule has 2 aromatic heterocycles. The molecule has 0 spiro atoms. The van der Waals surface area contributed by atoms with Crippen molar-refractivity contribution in [3.05, 3.63) is 77.4 Å². The second-order valence-electron chi connectivity index (χ2n) is 6.32. The van der Waals surface area contributed by atoms with Crippen LogP contribution in [0.5, 0.6) is 0 Å². The van der Waals surface area contributed by atoms with Gasteiger partial charge in [-0.15, -0.1) is 5.10 Å². The van der Waals surface area contributed by atoms with Crippen molar-refractivity contribution in [2.45, 2.75) is 26.4 Å². The molecule has 134 valence electrons. The van der Waals surface area contributed by atoms with E-state index < -0.39 is 0 Å². The van der Waals surface area contributed by atoms with Crippen LogP contribution in [0, 0.1) is 6.92 Å². The molecule has 0 aliphatic rings. The van der Waals surface area contributed by atoms with Crippen LogP contribution in [0.3, 0.4) is 0 Å². The van der Waals surface area contributed by atoms with Gasteiger partial charge in [0.05, 0.1) is 18.0 Å². The number of hydrogen-bond acceptors (Lipinski definition) is 5. The summed E-state index contributed by atoms with van der Waals surface area (Å²) >= 11 is 0. The van der Waals surface area contributed by atoms with Crippen molar-refractivity contribution in [2.75, 3.05) is 12.4 Å². The number of aromatic nitrogens is 2. The summed E-state index contributed by atoms with van der Waals surface area (Å²) in [6, 6.07) is 15.1. The molecule has 6 nitrogen and oxygen atoms in total. The van der Waals surface area contributed by atoms with Gasteiger partial charge in [-0.2, -0.15) is 5.10 Å². The minimum atomic E-state index is -0.202. The Hall–Kier alpha value is -2.99. The van der Waals surface area contributed by atoms with Crippen LogP contribution < -0.4 is 5.32 Å². The summed E-state index contributed by atoms with van der Waals surface area (Å²) < 4.78 is 5.47. The molecule has 1 amide bonds. The Balaban J connectivity index is 1.67. The van der Waals surface area contributed by atoms with Crippen molar-refractivity contribution >= 4 is 11.7 Å². The Bertz CT molecular complexity index is 860. The minimum Gasteiger partial charge on any atom is -0.468 e. The maximum Gasteiger partial charge on any atom is 0.256 e. The van der Waals surface area contributed by atoms with Crippen LogP contribution in [0.4, 0.5) is 5.82 Å². The zero-order valence-electron chi connectivity index (χ0n) is 15.1. The van der Waals surface area contributed by atoms with Crippen molar-refractivity contribution in [1.82, 2.24) is 15.1 Å². The third-order valence-corrected chi connectivity index (χ3v) is 4.28. The summed E-state index contributed by atoms with van der Waals surface area (Å²) in [5.41, 5.74) is 2.44. The number of benzene rings is 1. The van der Waals surface area contributed by atoms with E-state index in [0.29, 0.717) is 17.9 Å². The maximum absolute atomic E-state index is 12.5. The van der Waals surface area contributed by atoms with Crippen molar-refractivity contribution < 1.29 is 9.21 Å². The number of rotatable bonds is 6. The summed E-state index contributed by atoms with van der Waals surface area (Å²) in [5.74, 6) is 1.15. The fourth-order valence-corrected chi connectivity index (χ4v) is 2.64. The minimum absolute atomic E-state index is 0.144. The molecular weight excluding hydrogens is 328 g/mol. The lowest BCUT2D eigenvalue weighted by atomic mass is 10.1. The second kappa shape index (κ2) is 7.93. The molecule has 0 unspecified atom stereocenters. The molecule has 0 saturated carbocycles. The van der Waals surface area contributed by atoms with E-state index in [2.05, 4.69) is 27.3 Å². The molecule has 6 heteroatoms. The lowest BCUT2D eigenvalue weighted by molar-refractivity contribution is 0.102. The SMILES string of the molecule is Cc1ccc(NC(=O)c2cccc(CN(C)[C@H](C)c3ccco3)c2)nn1. The quantitative estimate of drug-likeness (QED) is 0.732. The van der Waals surface area contributed by atoms with E-state index in [9.17, 15) is 4.79 Å². The van der Waals surface area contributed by atoms with E-state index in [1.54, 1.807) is 18.4 Å². The van der Waals surface area contributed by atoms with Crippen molar-refractivity contribution in [3.8, 4) is 0 Å². The highest BCUT2D eigenvalue weighted by Gasteiger charge is 2.15. The highest BCUT2D eigenvalue weighted by molar-refractivity contribution is 6.03. The fraction of sp³-hybridized carbons (Fsp3) is 0.250. The van der Waals surface area contributed by atoms with E-state index in [1.807, 2.05) is 50.4 Å². The summed E-state index contributed by atoms with van der Waals surface area (Å²) in [7, 11) is 2.03. The zero-order valence-corrected chi connectivity index (χ0v) is 15.1. The number of furan rings is 1. The molecule has 0 radical (unpaired) electrons. The van der Waals surface area contributed by atoms with Gasteiger partial charge in [-0.25, -0.2) is 0 Å². The van der Waals surface area contributed by atoms with Gasteiger partial charge in [-0.05, 0) is 62.9 Å². The normalized spacial score (nSPS) is 12.2. The van der Waals surface area contributed by atoms with Crippen LogP contribution in [-0.2, 0) is 6.54 Å². The van der Waals surface area contributed by atoms with Crippen LogP contribution in [0.25, 0.3) is 0 Å². The third-order valence-electron chi connectivity index (χ3n) is 4.28. The highest BCUT2D eigenvalue weighted by Crippen LogP contribution is 2.21. The Kier molecular flexibility index (Phi) is 5.43. The van der Waals surface area contributed by atoms with Gasteiger partial charge in [0.25, 0.3) is 5.91 Å². The Morgan fingerprint density at radius 1 is 1.19 bits per heavy atom. The van der Waals surface area contributed by atoms with Crippen LogP contribution in [0.2, 0.25) is 0 Å². The molecule has 0 bridgehead atoms. The lowest BCUT2D eigenvalue weighted by Gasteiger charge is -2.23. The van der Waals surface area contributed by atoms with Gasteiger partial charge in [-0.3, -0.25) is 9.69 Å². The van der Waals surface area contributed by atoms with E-state index in [-0.39, 0.29) is 11.9 Å². The number of hydrogen-bond donors (Lipinski definition) is 1. The number of nitrogens with one attached hydrogen (secondary N) is 1. The highest BCUT2D eigenvalue weighted by atomic mass is 16.3. The molecule has 0 aliphatic carbocycles. The predicted octanol–water partition coefficient (Wildman–Crippen LogP) is 3.82. The number of nitrogens with zero attached hydrogens (tertiary/aromatic N) is 3. The van der Waals surface area contributed by atoms with Gasteiger partial charge in [-0.1, -0.05) is 12.1 Å². The number of anilines is 1. The predicted molar refractivity (Wildman–Crippen MR) is 99.8 cm³/mol. The Morgan fingerprint density at radius 3 is 2.73 bits per heavy atom. The molecular formula is C20H22N4O2. The number of carbonyl (C=O) groups is 1. The molecule has 0 saturated heterocycles. The molecule has 3 aromatic rings. The topological polar surface area (TPSA) is 71.3 Å². The maximum atomic E-state index is 12.5. The van der Waals surface area contributed by atoms with Gasteiger partial charge >= 0.3 is 0 Å². The molecule has 26 heavy (non-hydrogen) atoms. The van der Waals surface area contributed by atoms with Crippen molar-refractivity contribution in [1.29, 1.82) is 0 Å². The first-order valence-corrected chi connectivity index (χ1v) is 8.47. The van der Waals surface area contributed by atoms with Gasteiger partial charge in [0, 0.05) is 12.1 Å². The van der Waals surface area contributed by atoms with E-state index in [4.69, 9.17) is 4.42 Å². The molecule has 1 N–H and O–H groups in total. The molecule has 3 rings (SSSR count). The summed E-state index contributed by atoms with van der Waals surface area (Å²) in [6.07, 6.45) is 1.68. The van der Waals surface area contributed by atoms with Crippen LogP contribution in [-0.4, -0.2) is 28.1 Å². The summed E-state index contributed by atoms with van der Waals surface area (Å²) in [4.78, 5) is 14.6. The van der Waals surface area contributed by atoms with E-state index in [0.717, 1.165) is 17.0 Å². The molecule has 2 heterocycles. The van der Waals surface area contributed by atoms with Crippen molar-refractivity contribution in [3.63, 3.8) is 0 Å². The average molecular weight is 350 g/mol. The van der Waals surface area contributed by atoms with Crippen LogP contribution in [0.15, 0.2) is 59.2 Å². The fourth-order valence-electron chi connectivity index (χ4n) is 2.64. The summed E-state index contributed by atoms with van der Waals surface area (Å²) in [6.45, 7) is 4.64. The summed E-state index contributed by atoms with van der Waals surface area (Å²) in [5, 5.41) is 10.7. The Labute approximate surface area is 152 Å². The van der Waals surface area contributed by atoms with Gasteiger partial charge in [0.2, 0.25) is 0 Å². The van der Waals surface area contributed by atoms with Crippen molar-refractivity contribution in [2.24, 2.45) is 0 Å². The van der Waals surface area contributed by atoms with Crippen LogP contribution in [0.1, 0.15) is 40.3 Å². The van der Waals surface area contributed by atoms with E-state index >= 15 is 0 Å². The number of amides is 1.